The minimum absolute atomic E-state index is 0.308. The highest BCUT2D eigenvalue weighted by Gasteiger charge is 2.12. The number of aryl methyl sites for hydroxylation is 1. The van der Waals surface area contributed by atoms with E-state index in [2.05, 4.69) is 16.0 Å². The molecule has 0 spiro atoms. The largest absolute Gasteiger partial charge is 0.311 e. The van der Waals surface area contributed by atoms with Crippen molar-refractivity contribution < 1.29 is 4.39 Å². The quantitative estimate of drug-likeness (QED) is 0.676. The van der Waals surface area contributed by atoms with Crippen LogP contribution < -0.4 is 0 Å². The third kappa shape index (κ3) is 2.39. The van der Waals surface area contributed by atoms with E-state index in [9.17, 15) is 9.65 Å². The zero-order chi connectivity index (χ0) is 14.8. The highest BCUT2D eigenvalue weighted by molar-refractivity contribution is 5.90. The van der Waals surface area contributed by atoms with Crippen molar-refractivity contribution in [2.45, 2.75) is 0 Å². The lowest BCUT2D eigenvalue weighted by Crippen LogP contribution is -1.97. The molecule has 5 heteroatoms. The molecule has 0 N–H and O–H groups in total. The van der Waals surface area contributed by atoms with Gasteiger partial charge in [0.2, 0.25) is 0 Å². The number of fused-ring (bicyclic) bond motifs is 1. The van der Waals surface area contributed by atoms with E-state index in [1.807, 2.05) is 13.1 Å². The molecule has 3 aromatic rings. The summed E-state index contributed by atoms with van der Waals surface area (Å²) in [4.78, 5) is 8.68. The van der Waals surface area contributed by atoms with E-state index < -0.39 is 0 Å². The highest BCUT2D eigenvalue weighted by atomic mass is 19.1. The third-order valence-corrected chi connectivity index (χ3v) is 3.17. The molecule has 0 amide bonds. The summed E-state index contributed by atoms with van der Waals surface area (Å²) in [5.74, 6) is 0.230. The number of hydrogen-bond acceptors (Lipinski definition) is 3. The zero-order valence-electron chi connectivity index (χ0n) is 11.3. The fourth-order valence-electron chi connectivity index (χ4n) is 2.14. The average Bonchev–Trinajstić information content (AvgIpc) is 2.84. The standard InChI is InChI=1S/C16H11FN4/c1-21-15(20-14-3-2-8-19-16(14)21)12(10-18)9-11-4-6-13(17)7-5-11/h2-9H,1H3/b12-9+. The molecule has 4 nitrogen and oxygen atoms in total. The van der Waals surface area contributed by atoms with Crippen molar-refractivity contribution in [3.63, 3.8) is 0 Å². The smallest absolute Gasteiger partial charge is 0.160 e. The van der Waals surface area contributed by atoms with Gasteiger partial charge >= 0.3 is 0 Å². The highest BCUT2D eigenvalue weighted by Crippen LogP contribution is 2.20. The van der Waals surface area contributed by atoms with Crippen LogP contribution in [0.2, 0.25) is 0 Å². The fraction of sp³-hybridized carbons (Fsp3) is 0.0625. The van der Waals surface area contributed by atoms with E-state index in [0.29, 0.717) is 17.0 Å². The SMILES string of the molecule is Cn1c(/C(C#N)=C/c2ccc(F)cc2)nc2cccnc21. The minimum Gasteiger partial charge on any atom is -0.311 e. The molecule has 0 aliphatic heterocycles. The summed E-state index contributed by atoms with van der Waals surface area (Å²) in [5.41, 5.74) is 2.60. The maximum absolute atomic E-state index is 12.9. The Labute approximate surface area is 120 Å². The molecule has 0 fully saturated rings. The first-order valence-corrected chi connectivity index (χ1v) is 6.34. The number of aromatic nitrogens is 3. The summed E-state index contributed by atoms with van der Waals surface area (Å²) in [6.07, 6.45) is 3.37. The van der Waals surface area contributed by atoms with Crippen LogP contribution in [0.1, 0.15) is 11.4 Å². The molecule has 0 bridgehead atoms. The van der Waals surface area contributed by atoms with Gasteiger partial charge in [0.25, 0.3) is 0 Å². The molecule has 0 saturated carbocycles. The van der Waals surface area contributed by atoms with Gasteiger partial charge in [-0.3, -0.25) is 0 Å². The van der Waals surface area contributed by atoms with Crippen molar-refractivity contribution in [1.29, 1.82) is 5.26 Å². The van der Waals surface area contributed by atoms with Crippen molar-refractivity contribution in [1.82, 2.24) is 14.5 Å². The Kier molecular flexibility index (Phi) is 3.20. The van der Waals surface area contributed by atoms with Crippen LogP contribution in [0, 0.1) is 17.1 Å². The monoisotopic (exact) mass is 278 g/mol. The Morgan fingerprint density at radius 3 is 2.71 bits per heavy atom. The number of nitrogens with zero attached hydrogens (tertiary/aromatic N) is 4. The van der Waals surface area contributed by atoms with E-state index in [4.69, 9.17) is 0 Å². The number of benzene rings is 1. The molecular formula is C16H11FN4. The molecule has 1 aromatic carbocycles. The van der Waals surface area contributed by atoms with Crippen molar-refractivity contribution >= 4 is 22.8 Å². The van der Waals surface area contributed by atoms with Crippen molar-refractivity contribution in [3.05, 3.63) is 59.8 Å². The number of imidazole rings is 1. The van der Waals surface area contributed by atoms with Gasteiger partial charge in [0, 0.05) is 13.2 Å². The first-order valence-electron chi connectivity index (χ1n) is 6.34. The Morgan fingerprint density at radius 1 is 1.29 bits per heavy atom. The van der Waals surface area contributed by atoms with Gasteiger partial charge in [-0.2, -0.15) is 5.26 Å². The molecule has 21 heavy (non-hydrogen) atoms. The predicted octanol–water partition coefficient (Wildman–Crippen LogP) is 3.17. The number of halogens is 1. The summed E-state index contributed by atoms with van der Waals surface area (Å²) in [7, 11) is 1.81. The van der Waals surface area contributed by atoms with Crippen molar-refractivity contribution in [2.75, 3.05) is 0 Å². The van der Waals surface area contributed by atoms with E-state index >= 15 is 0 Å². The van der Waals surface area contributed by atoms with Crippen LogP contribution in [0.4, 0.5) is 4.39 Å². The van der Waals surface area contributed by atoms with Gasteiger partial charge in [-0.1, -0.05) is 12.1 Å². The Bertz CT molecular complexity index is 869. The lowest BCUT2D eigenvalue weighted by atomic mass is 10.1. The zero-order valence-corrected chi connectivity index (χ0v) is 11.3. The summed E-state index contributed by atoms with van der Waals surface area (Å²) < 4.78 is 14.7. The second-order valence-corrected chi connectivity index (χ2v) is 4.56. The maximum atomic E-state index is 12.9. The molecule has 0 unspecified atom stereocenters. The van der Waals surface area contributed by atoms with Gasteiger partial charge in [-0.05, 0) is 35.9 Å². The minimum atomic E-state index is -0.308. The fourth-order valence-corrected chi connectivity index (χ4v) is 2.14. The first-order chi connectivity index (χ1) is 10.2. The molecule has 0 aliphatic carbocycles. The van der Waals surface area contributed by atoms with Gasteiger partial charge in [0.05, 0.1) is 5.57 Å². The normalized spacial score (nSPS) is 11.6. The van der Waals surface area contributed by atoms with Crippen LogP contribution in [-0.4, -0.2) is 14.5 Å². The number of rotatable bonds is 2. The van der Waals surface area contributed by atoms with Gasteiger partial charge in [0.15, 0.2) is 11.5 Å². The van der Waals surface area contributed by atoms with Crippen LogP contribution in [-0.2, 0) is 7.05 Å². The van der Waals surface area contributed by atoms with Gasteiger partial charge in [-0.25, -0.2) is 14.4 Å². The lowest BCUT2D eigenvalue weighted by Gasteiger charge is -2.00. The van der Waals surface area contributed by atoms with Crippen molar-refractivity contribution in [3.8, 4) is 6.07 Å². The molecule has 3 rings (SSSR count). The molecule has 102 valence electrons. The van der Waals surface area contributed by atoms with E-state index in [0.717, 1.165) is 11.1 Å². The van der Waals surface area contributed by atoms with E-state index in [-0.39, 0.29) is 5.82 Å². The molecule has 0 atom stereocenters. The Morgan fingerprint density at radius 2 is 2.05 bits per heavy atom. The summed E-state index contributed by atoms with van der Waals surface area (Å²) >= 11 is 0. The van der Waals surface area contributed by atoms with E-state index in [1.54, 1.807) is 35.0 Å². The van der Waals surface area contributed by atoms with Crippen molar-refractivity contribution in [2.24, 2.45) is 7.05 Å². The number of allylic oxidation sites excluding steroid dienone is 1. The van der Waals surface area contributed by atoms with Crippen LogP contribution in [0.5, 0.6) is 0 Å². The summed E-state index contributed by atoms with van der Waals surface area (Å²) in [6, 6.07) is 11.7. The third-order valence-electron chi connectivity index (χ3n) is 3.17. The summed E-state index contributed by atoms with van der Waals surface area (Å²) in [6.45, 7) is 0. The van der Waals surface area contributed by atoms with Crippen LogP contribution in [0.25, 0.3) is 22.8 Å². The molecule has 0 saturated heterocycles. The lowest BCUT2D eigenvalue weighted by molar-refractivity contribution is 0.628. The van der Waals surface area contributed by atoms with Crippen LogP contribution >= 0.6 is 0 Å². The Hall–Kier alpha value is -3.00. The van der Waals surface area contributed by atoms with Crippen LogP contribution in [0.3, 0.4) is 0 Å². The molecule has 0 radical (unpaired) electrons. The molecular weight excluding hydrogens is 267 g/mol. The Balaban J connectivity index is 2.12. The second-order valence-electron chi connectivity index (χ2n) is 4.56. The molecule has 2 aromatic heterocycles. The number of hydrogen-bond donors (Lipinski definition) is 0. The number of pyridine rings is 1. The number of nitriles is 1. The average molecular weight is 278 g/mol. The molecule has 2 heterocycles. The van der Waals surface area contributed by atoms with E-state index in [1.165, 1.54) is 12.1 Å². The maximum Gasteiger partial charge on any atom is 0.160 e. The summed E-state index contributed by atoms with van der Waals surface area (Å²) in [5, 5.41) is 9.38. The molecule has 0 aliphatic rings. The van der Waals surface area contributed by atoms with Crippen LogP contribution in [0.15, 0.2) is 42.6 Å². The van der Waals surface area contributed by atoms with Gasteiger partial charge in [-0.15, -0.1) is 0 Å². The predicted molar refractivity (Wildman–Crippen MR) is 78.4 cm³/mol. The van der Waals surface area contributed by atoms with Gasteiger partial charge in [0.1, 0.15) is 17.4 Å². The second kappa shape index (κ2) is 5.17. The first kappa shape index (κ1) is 13.0. The topological polar surface area (TPSA) is 54.5 Å². The van der Waals surface area contributed by atoms with Gasteiger partial charge < -0.3 is 4.57 Å².